The first kappa shape index (κ1) is 16.3. The van der Waals surface area contributed by atoms with Crippen LogP contribution in [0.2, 0.25) is 0 Å². The van der Waals surface area contributed by atoms with Crippen molar-refractivity contribution < 1.29 is 14.3 Å². The van der Waals surface area contributed by atoms with Crippen LogP contribution < -0.4 is 25.4 Å². The number of pyridine rings is 1. The maximum Gasteiger partial charge on any atom is 0.256 e. The Morgan fingerprint density at radius 2 is 2.12 bits per heavy atom. The van der Waals surface area contributed by atoms with E-state index in [1.54, 1.807) is 18.3 Å². The number of nitrogens with one attached hydrogen (secondary N) is 3. The van der Waals surface area contributed by atoms with Crippen LogP contribution in [0.1, 0.15) is 18.5 Å². The Balaban J connectivity index is 1.68. The van der Waals surface area contributed by atoms with Crippen molar-refractivity contribution in [2.45, 2.75) is 13.0 Å². The molecule has 3 N–H and O–H groups in total. The first-order chi connectivity index (χ1) is 12.6. The molecule has 1 atom stereocenters. The number of allylic oxidation sites excluding steroid dienone is 1. The number of rotatable bonds is 3. The molecule has 7 nitrogen and oxygen atoms in total. The van der Waals surface area contributed by atoms with E-state index in [0.29, 0.717) is 33.7 Å². The molecule has 4 rings (SSSR count). The minimum absolute atomic E-state index is 0.193. The molecule has 2 aliphatic rings. The SMILES string of the molecule is CC1=C(C(=O)Nc2ccccn2)[C@@H](c2ccc3c(c2)OCO3)NC(=S)N1. The van der Waals surface area contributed by atoms with E-state index in [0.717, 1.165) is 5.56 Å². The zero-order valence-electron chi connectivity index (χ0n) is 13.9. The van der Waals surface area contributed by atoms with Crippen molar-refractivity contribution in [3.8, 4) is 11.5 Å². The fourth-order valence-corrected chi connectivity index (χ4v) is 3.23. The molecular weight excluding hydrogens is 352 g/mol. The maximum absolute atomic E-state index is 12.9. The van der Waals surface area contributed by atoms with Gasteiger partial charge in [0.05, 0.1) is 11.6 Å². The maximum atomic E-state index is 12.9. The van der Waals surface area contributed by atoms with Crippen LogP contribution in [0.15, 0.2) is 53.9 Å². The second-order valence-electron chi connectivity index (χ2n) is 5.85. The lowest BCUT2D eigenvalue weighted by atomic mass is 9.94. The van der Waals surface area contributed by atoms with Crippen LogP contribution in [0.4, 0.5) is 5.82 Å². The Hall–Kier alpha value is -3.13. The van der Waals surface area contributed by atoms with E-state index in [-0.39, 0.29) is 12.7 Å². The minimum atomic E-state index is -0.415. The Kier molecular flexibility index (Phi) is 4.18. The standard InChI is InChI=1S/C18H16N4O3S/c1-10-15(17(23)21-14-4-2-3-7-19-14)16(22-18(26)20-10)11-5-6-12-13(8-11)25-9-24-12/h2-8,16H,9H2,1H3,(H,19,21,23)(H2,20,22,26)/t16-/m1/s1. The Morgan fingerprint density at radius 3 is 2.92 bits per heavy atom. The molecule has 0 radical (unpaired) electrons. The summed E-state index contributed by atoms with van der Waals surface area (Å²) in [6, 6.07) is 10.5. The molecule has 1 amide bonds. The molecule has 2 aromatic rings. The average Bonchev–Trinajstić information content (AvgIpc) is 3.09. The van der Waals surface area contributed by atoms with Crippen LogP contribution in [-0.4, -0.2) is 22.8 Å². The molecule has 26 heavy (non-hydrogen) atoms. The number of ether oxygens (including phenoxy) is 2. The molecule has 0 aliphatic carbocycles. The molecule has 0 saturated heterocycles. The lowest BCUT2D eigenvalue weighted by Gasteiger charge is -2.30. The van der Waals surface area contributed by atoms with Crippen molar-refractivity contribution in [2.24, 2.45) is 0 Å². The summed E-state index contributed by atoms with van der Waals surface area (Å²) >= 11 is 5.27. The second-order valence-corrected chi connectivity index (χ2v) is 6.26. The van der Waals surface area contributed by atoms with Gasteiger partial charge in [0.2, 0.25) is 6.79 Å². The average molecular weight is 368 g/mol. The molecule has 0 bridgehead atoms. The molecular formula is C18H16N4O3S. The van der Waals surface area contributed by atoms with E-state index in [1.165, 1.54) is 0 Å². The van der Waals surface area contributed by atoms with E-state index in [1.807, 2.05) is 31.2 Å². The number of fused-ring (bicyclic) bond motifs is 1. The zero-order valence-corrected chi connectivity index (χ0v) is 14.7. The summed E-state index contributed by atoms with van der Waals surface area (Å²) in [4.78, 5) is 17.1. The van der Waals surface area contributed by atoms with E-state index >= 15 is 0 Å². The molecule has 2 aliphatic heterocycles. The predicted octanol–water partition coefficient (Wildman–Crippen LogP) is 2.24. The van der Waals surface area contributed by atoms with Crippen molar-refractivity contribution in [3.63, 3.8) is 0 Å². The van der Waals surface area contributed by atoms with Gasteiger partial charge in [-0.3, -0.25) is 4.79 Å². The number of hydrogen-bond donors (Lipinski definition) is 3. The van der Waals surface area contributed by atoms with Gasteiger partial charge in [-0.2, -0.15) is 0 Å². The van der Waals surface area contributed by atoms with Gasteiger partial charge in [-0.05, 0) is 49.0 Å². The van der Waals surface area contributed by atoms with E-state index in [9.17, 15) is 4.79 Å². The highest BCUT2D eigenvalue weighted by molar-refractivity contribution is 7.80. The normalized spacial score (nSPS) is 18.2. The third-order valence-corrected chi connectivity index (χ3v) is 4.37. The van der Waals surface area contributed by atoms with E-state index in [2.05, 4.69) is 20.9 Å². The molecule has 0 fully saturated rings. The molecule has 1 aromatic heterocycles. The van der Waals surface area contributed by atoms with Gasteiger partial charge in [0.1, 0.15) is 5.82 Å². The summed E-state index contributed by atoms with van der Waals surface area (Å²) in [5.41, 5.74) is 2.07. The molecule has 0 spiro atoms. The highest BCUT2D eigenvalue weighted by Gasteiger charge is 2.31. The lowest BCUT2D eigenvalue weighted by molar-refractivity contribution is -0.113. The predicted molar refractivity (Wildman–Crippen MR) is 99.7 cm³/mol. The number of hydrogen-bond acceptors (Lipinski definition) is 5. The fourth-order valence-electron chi connectivity index (χ4n) is 2.96. The molecule has 1 aromatic carbocycles. The van der Waals surface area contributed by atoms with Crippen LogP contribution >= 0.6 is 12.2 Å². The van der Waals surface area contributed by atoms with Gasteiger partial charge >= 0.3 is 0 Å². The monoisotopic (exact) mass is 368 g/mol. The molecule has 0 saturated carbocycles. The summed E-state index contributed by atoms with van der Waals surface area (Å²) < 4.78 is 10.8. The van der Waals surface area contributed by atoms with Crippen LogP contribution in [0, 0.1) is 0 Å². The van der Waals surface area contributed by atoms with Gasteiger partial charge in [0.15, 0.2) is 16.6 Å². The molecule has 3 heterocycles. The first-order valence-corrected chi connectivity index (χ1v) is 8.43. The molecule has 132 valence electrons. The lowest BCUT2D eigenvalue weighted by Crippen LogP contribution is -2.45. The van der Waals surface area contributed by atoms with Crippen molar-refractivity contribution in [1.82, 2.24) is 15.6 Å². The highest BCUT2D eigenvalue weighted by atomic mass is 32.1. The van der Waals surface area contributed by atoms with Crippen molar-refractivity contribution in [2.75, 3.05) is 12.1 Å². The van der Waals surface area contributed by atoms with E-state index < -0.39 is 6.04 Å². The van der Waals surface area contributed by atoms with Crippen LogP contribution in [-0.2, 0) is 4.79 Å². The summed E-state index contributed by atoms with van der Waals surface area (Å²) in [6.45, 7) is 2.01. The summed E-state index contributed by atoms with van der Waals surface area (Å²) in [7, 11) is 0. The fraction of sp³-hybridized carbons (Fsp3) is 0.167. The Labute approximate surface area is 155 Å². The Bertz CT molecular complexity index is 914. The topological polar surface area (TPSA) is 84.5 Å². The van der Waals surface area contributed by atoms with Crippen LogP contribution in [0.5, 0.6) is 11.5 Å². The number of aromatic nitrogens is 1. The zero-order chi connectivity index (χ0) is 18.1. The minimum Gasteiger partial charge on any atom is -0.454 e. The summed E-state index contributed by atoms with van der Waals surface area (Å²) in [5.74, 6) is 1.56. The third kappa shape index (κ3) is 3.06. The number of benzene rings is 1. The number of anilines is 1. The van der Waals surface area contributed by atoms with Gasteiger partial charge in [0, 0.05) is 11.9 Å². The summed E-state index contributed by atoms with van der Waals surface area (Å²) in [5, 5.41) is 9.45. The number of carbonyl (C=O) groups is 1. The largest absolute Gasteiger partial charge is 0.454 e. The number of carbonyl (C=O) groups excluding carboxylic acids is 1. The van der Waals surface area contributed by atoms with Crippen molar-refractivity contribution >= 4 is 29.1 Å². The second kappa shape index (κ2) is 6.64. The smallest absolute Gasteiger partial charge is 0.256 e. The number of amides is 1. The third-order valence-electron chi connectivity index (χ3n) is 4.15. The van der Waals surface area contributed by atoms with Gasteiger partial charge < -0.3 is 25.4 Å². The molecule has 0 unspecified atom stereocenters. The number of nitrogens with zero attached hydrogens (tertiary/aromatic N) is 1. The van der Waals surface area contributed by atoms with Gasteiger partial charge in [-0.15, -0.1) is 0 Å². The van der Waals surface area contributed by atoms with Gasteiger partial charge in [-0.25, -0.2) is 4.98 Å². The van der Waals surface area contributed by atoms with Gasteiger partial charge in [-0.1, -0.05) is 12.1 Å². The first-order valence-electron chi connectivity index (χ1n) is 8.02. The highest BCUT2D eigenvalue weighted by Crippen LogP contribution is 2.37. The van der Waals surface area contributed by atoms with Crippen molar-refractivity contribution in [1.29, 1.82) is 0 Å². The number of thiocarbonyl (C=S) groups is 1. The van der Waals surface area contributed by atoms with Crippen LogP contribution in [0.25, 0.3) is 0 Å². The van der Waals surface area contributed by atoms with Crippen LogP contribution in [0.3, 0.4) is 0 Å². The Morgan fingerprint density at radius 1 is 1.27 bits per heavy atom. The van der Waals surface area contributed by atoms with Crippen molar-refractivity contribution in [3.05, 3.63) is 59.4 Å². The van der Waals surface area contributed by atoms with E-state index in [4.69, 9.17) is 21.7 Å². The van der Waals surface area contributed by atoms with Gasteiger partial charge in [0.25, 0.3) is 5.91 Å². The quantitative estimate of drug-likeness (QED) is 0.717. The summed E-state index contributed by atoms with van der Waals surface area (Å²) in [6.07, 6.45) is 1.62. The molecule has 8 heteroatoms.